The number of rotatable bonds is 3. The summed E-state index contributed by atoms with van der Waals surface area (Å²) in [5, 5.41) is 3.89. The molecule has 1 aliphatic carbocycles. The third-order valence-electron chi connectivity index (χ3n) is 5.34. The summed E-state index contributed by atoms with van der Waals surface area (Å²) in [6, 6.07) is 0. The maximum absolute atomic E-state index is 13.0. The Morgan fingerprint density at radius 2 is 2.12 bits per heavy atom. The van der Waals surface area contributed by atoms with Crippen LogP contribution in [0.15, 0.2) is 11.6 Å². The van der Waals surface area contributed by atoms with Crippen LogP contribution >= 0.6 is 22.7 Å². The molecule has 2 amide bonds. The van der Waals surface area contributed by atoms with Gasteiger partial charge in [-0.1, -0.05) is 0 Å². The van der Waals surface area contributed by atoms with Crippen LogP contribution < -0.4 is 9.80 Å². The van der Waals surface area contributed by atoms with Gasteiger partial charge in [-0.2, -0.15) is 0 Å². The van der Waals surface area contributed by atoms with E-state index in [-0.39, 0.29) is 18.4 Å². The Bertz CT molecular complexity index is 872. The van der Waals surface area contributed by atoms with Crippen molar-refractivity contribution in [1.29, 1.82) is 0 Å². The smallest absolute Gasteiger partial charge is 0.257 e. The molecule has 0 spiro atoms. The second-order valence-corrected chi connectivity index (χ2v) is 9.24. The number of carbonyl (C=O) groups excluding carboxylic acids is 2. The Morgan fingerprint density at radius 3 is 2.85 bits per heavy atom. The molecule has 8 heteroatoms. The molecule has 4 heterocycles. The topological polar surface area (TPSA) is 56.8 Å². The van der Waals surface area contributed by atoms with E-state index in [1.165, 1.54) is 17.7 Å². The van der Waals surface area contributed by atoms with Crippen molar-refractivity contribution < 1.29 is 9.59 Å². The van der Waals surface area contributed by atoms with Gasteiger partial charge in [-0.25, -0.2) is 4.98 Å². The highest BCUT2D eigenvalue weighted by molar-refractivity contribution is 7.17. The van der Waals surface area contributed by atoms with E-state index in [2.05, 4.69) is 9.88 Å². The summed E-state index contributed by atoms with van der Waals surface area (Å²) >= 11 is 3.27. The molecule has 0 N–H and O–H groups in total. The van der Waals surface area contributed by atoms with Crippen LogP contribution in [0.2, 0.25) is 0 Å². The minimum atomic E-state index is -0.00755. The first-order chi connectivity index (χ1) is 12.6. The molecule has 3 aliphatic rings. The summed E-state index contributed by atoms with van der Waals surface area (Å²) in [6.07, 6.45) is 5.02. The first-order valence-electron chi connectivity index (χ1n) is 8.96. The molecule has 2 aromatic rings. The molecule has 0 bridgehead atoms. The molecule has 0 unspecified atom stereocenters. The van der Waals surface area contributed by atoms with Crippen molar-refractivity contribution in [2.45, 2.75) is 25.8 Å². The van der Waals surface area contributed by atoms with Gasteiger partial charge in [0.2, 0.25) is 5.91 Å². The molecule has 6 nitrogen and oxygen atoms in total. The number of anilines is 2. The van der Waals surface area contributed by atoms with Gasteiger partial charge in [0.05, 0.1) is 12.1 Å². The van der Waals surface area contributed by atoms with Crippen molar-refractivity contribution in [3.05, 3.63) is 27.6 Å². The quantitative estimate of drug-likeness (QED) is 0.811. The van der Waals surface area contributed by atoms with E-state index in [4.69, 9.17) is 0 Å². The van der Waals surface area contributed by atoms with E-state index >= 15 is 0 Å². The number of likely N-dealkylation sites (N-methyl/N-ethyl adjacent to an activating group) is 1. The van der Waals surface area contributed by atoms with Gasteiger partial charge < -0.3 is 14.7 Å². The highest BCUT2D eigenvalue weighted by Crippen LogP contribution is 2.43. The largest absolute Gasteiger partial charge is 0.343 e. The molecule has 1 fully saturated rings. The molecule has 26 heavy (non-hydrogen) atoms. The van der Waals surface area contributed by atoms with E-state index in [9.17, 15) is 9.59 Å². The number of amides is 2. The summed E-state index contributed by atoms with van der Waals surface area (Å²) in [6.45, 7) is 2.55. The number of hydrogen-bond donors (Lipinski definition) is 0. The maximum atomic E-state index is 13.0. The molecule has 136 valence electrons. The van der Waals surface area contributed by atoms with Crippen molar-refractivity contribution in [3.63, 3.8) is 0 Å². The number of thiazole rings is 1. The Kier molecular flexibility index (Phi) is 3.79. The van der Waals surface area contributed by atoms with Crippen LogP contribution in [-0.4, -0.2) is 48.4 Å². The molecule has 0 radical (unpaired) electrons. The molecule has 1 saturated carbocycles. The standard InChI is InChI=1S/C18H20N4O2S2/c1-20-10-14(23)22(8-11-2-3-11)17-15(16(20)24)12-4-6-21(9-13(12)26-17)18-19-5-7-25-18/h5,7,11H,2-4,6,8-10H2,1H3. The van der Waals surface area contributed by atoms with Crippen LogP contribution in [0.5, 0.6) is 0 Å². The van der Waals surface area contributed by atoms with Gasteiger partial charge in [0, 0.05) is 36.6 Å². The summed E-state index contributed by atoms with van der Waals surface area (Å²) < 4.78 is 0. The normalized spacial score (nSPS) is 20.3. The van der Waals surface area contributed by atoms with Crippen LogP contribution in [0.1, 0.15) is 33.6 Å². The molecular weight excluding hydrogens is 368 g/mol. The average Bonchev–Trinajstić information content (AvgIpc) is 3.17. The summed E-state index contributed by atoms with van der Waals surface area (Å²) in [7, 11) is 1.74. The highest BCUT2D eigenvalue weighted by Gasteiger charge is 2.38. The Labute approximate surface area is 160 Å². The van der Waals surface area contributed by atoms with E-state index in [1.807, 2.05) is 16.5 Å². The van der Waals surface area contributed by atoms with E-state index in [1.54, 1.807) is 34.6 Å². The van der Waals surface area contributed by atoms with Gasteiger partial charge in [-0.3, -0.25) is 9.59 Å². The van der Waals surface area contributed by atoms with Gasteiger partial charge in [0.15, 0.2) is 5.13 Å². The molecule has 0 atom stereocenters. The third kappa shape index (κ3) is 2.63. The van der Waals surface area contributed by atoms with Crippen molar-refractivity contribution in [2.75, 3.05) is 36.5 Å². The fourth-order valence-corrected chi connectivity index (χ4v) is 5.79. The lowest BCUT2D eigenvalue weighted by molar-refractivity contribution is -0.119. The SMILES string of the molecule is CN1CC(=O)N(CC2CC2)c2sc3c(c2C1=O)CCN(c1nccs1)C3. The lowest BCUT2D eigenvalue weighted by Gasteiger charge is -2.27. The van der Waals surface area contributed by atoms with Crippen LogP contribution in [-0.2, 0) is 17.8 Å². The number of nitrogens with zero attached hydrogens (tertiary/aromatic N) is 4. The number of fused-ring (bicyclic) bond motifs is 3. The van der Waals surface area contributed by atoms with E-state index < -0.39 is 0 Å². The third-order valence-corrected chi connectivity index (χ3v) is 7.42. The van der Waals surface area contributed by atoms with Gasteiger partial charge in [-0.15, -0.1) is 22.7 Å². The van der Waals surface area contributed by atoms with Crippen molar-refractivity contribution >= 4 is 44.6 Å². The lowest BCUT2D eigenvalue weighted by atomic mass is 10.0. The zero-order valence-electron chi connectivity index (χ0n) is 14.6. The minimum Gasteiger partial charge on any atom is -0.343 e. The summed E-state index contributed by atoms with van der Waals surface area (Å²) in [5.74, 6) is 0.630. The first kappa shape index (κ1) is 16.3. The van der Waals surface area contributed by atoms with Gasteiger partial charge in [-0.05, 0) is 30.7 Å². The average molecular weight is 389 g/mol. The predicted molar refractivity (Wildman–Crippen MR) is 103 cm³/mol. The molecule has 0 aromatic carbocycles. The number of carbonyl (C=O) groups is 2. The van der Waals surface area contributed by atoms with E-state index in [0.29, 0.717) is 5.92 Å². The number of hydrogen-bond acceptors (Lipinski definition) is 6. The van der Waals surface area contributed by atoms with Crippen molar-refractivity contribution in [1.82, 2.24) is 9.88 Å². The Balaban J connectivity index is 1.56. The monoisotopic (exact) mass is 388 g/mol. The molecule has 2 aliphatic heterocycles. The van der Waals surface area contributed by atoms with Crippen molar-refractivity contribution in [2.24, 2.45) is 5.92 Å². The number of aromatic nitrogens is 1. The van der Waals surface area contributed by atoms with E-state index in [0.717, 1.165) is 47.3 Å². The lowest BCUT2D eigenvalue weighted by Crippen LogP contribution is -2.38. The fraction of sp³-hybridized carbons (Fsp3) is 0.500. The van der Waals surface area contributed by atoms with Crippen LogP contribution in [0.4, 0.5) is 10.1 Å². The molecular formula is C18H20N4O2S2. The first-order valence-corrected chi connectivity index (χ1v) is 10.7. The second-order valence-electron chi connectivity index (χ2n) is 7.28. The minimum absolute atomic E-state index is 0.00755. The number of thiophene rings is 1. The fourth-order valence-electron chi connectivity index (χ4n) is 3.74. The van der Waals surface area contributed by atoms with Gasteiger partial charge >= 0.3 is 0 Å². The van der Waals surface area contributed by atoms with Gasteiger partial charge in [0.1, 0.15) is 11.5 Å². The van der Waals surface area contributed by atoms with Crippen LogP contribution in [0.3, 0.4) is 0 Å². The molecule has 2 aromatic heterocycles. The molecule has 5 rings (SSSR count). The predicted octanol–water partition coefficient (Wildman–Crippen LogP) is 2.60. The van der Waals surface area contributed by atoms with Crippen LogP contribution in [0, 0.1) is 5.92 Å². The van der Waals surface area contributed by atoms with Crippen LogP contribution in [0.25, 0.3) is 0 Å². The van der Waals surface area contributed by atoms with Gasteiger partial charge in [0.25, 0.3) is 5.91 Å². The Hall–Kier alpha value is -1.93. The maximum Gasteiger partial charge on any atom is 0.257 e. The summed E-state index contributed by atoms with van der Waals surface area (Å²) in [5.41, 5.74) is 1.92. The second kappa shape index (κ2) is 6.06. The zero-order chi connectivity index (χ0) is 17.8. The zero-order valence-corrected chi connectivity index (χ0v) is 16.2. The summed E-state index contributed by atoms with van der Waals surface area (Å²) in [4.78, 5) is 37.1. The van der Waals surface area contributed by atoms with Crippen molar-refractivity contribution in [3.8, 4) is 0 Å². The Morgan fingerprint density at radius 1 is 1.27 bits per heavy atom. The highest BCUT2D eigenvalue weighted by atomic mass is 32.1. The molecule has 0 saturated heterocycles.